The van der Waals surface area contributed by atoms with Crippen molar-refractivity contribution in [3.05, 3.63) is 41.2 Å². The number of hydrogen-bond acceptors (Lipinski definition) is 7. The van der Waals surface area contributed by atoms with E-state index in [9.17, 15) is 10.4 Å². The zero-order valence-corrected chi connectivity index (χ0v) is 22.1. The second kappa shape index (κ2) is 12.3. The van der Waals surface area contributed by atoms with Crippen LogP contribution in [0.5, 0.6) is 0 Å². The molecule has 0 spiro atoms. The van der Waals surface area contributed by atoms with Gasteiger partial charge in [-0.15, -0.1) is 0 Å². The Morgan fingerprint density at radius 3 is 2.67 bits per heavy atom. The largest absolute Gasteiger partial charge is 0.392 e. The van der Waals surface area contributed by atoms with Crippen molar-refractivity contribution in [1.82, 2.24) is 15.3 Å². The van der Waals surface area contributed by atoms with Crippen LogP contribution in [0.1, 0.15) is 58.1 Å². The zero-order chi connectivity index (χ0) is 25.5. The van der Waals surface area contributed by atoms with E-state index < -0.39 is 5.41 Å². The van der Waals surface area contributed by atoms with Crippen molar-refractivity contribution in [3.63, 3.8) is 0 Å². The van der Waals surface area contributed by atoms with Crippen LogP contribution in [-0.2, 0) is 11.2 Å². The van der Waals surface area contributed by atoms with Gasteiger partial charge in [0, 0.05) is 49.3 Å². The molecule has 1 aliphatic carbocycles. The first-order valence-electron chi connectivity index (χ1n) is 13.2. The summed E-state index contributed by atoms with van der Waals surface area (Å²) in [7, 11) is 0. The summed E-state index contributed by atoms with van der Waals surface area (Å²) in [6, 6.07) is 11.0. The van der Waals surface area contributed by atoms with E-state index in [-0.39, 0.29) is 12.1 Å². The molecule has 0 amide bonds. The third-order valence-electron chi connectivity index (χ3n) is 7.80. The number of hydrogen-bond donors (Lipinski definition) is 3. The summed E-state index contributed by atoms with van der Waals surface area (Å²) in [6.45, 7) is 5.67. The molecule has 2 aromatic heterocycles. The average Bonchev–Trinajstić information content (AvgIpc) is 2.90. The molecular weight excluding hydrogens is 474 g/mol. The molecule has 8 heteroatoms. The van der Waals surface area contributed by atoms with Crippen LogP contribution >= 0.6 is 11.6 Å². The summed E-state index contributed by atoms with van der Waals surface area (Å²) < 4.78 is 5.44. The number of aliphatic hydroxyl groups is 1. The van der Waals surface area contributed by atoms with Crippen molar-refractivity contribution in [1.29, 1.82) is 5.26 Å². The van der Waals surface area contributed by atoms with Gasteiger partial charge in [-0.3, -0.25) is 4.98 Å². The van der Waals surface area contributed by atoms with Crippen molar-refractivity contribution in [3.8, 4) is 17.3 Å². The maximum Gasteiger partial charge on any atom is 0.126 e. The van der Waals surface area contributed by atoms with Crippen LogP contribution < -0.4 is 10.6 Å². The summed E-state index contributed by atoms with van der Waals surface area (Å²) in [6.07, 6.45) is 8.31. The van der Waals surface area contributed by atoms with Crippen molar-refractivity contribution < 1.29 is 9.84 Å². The summed E-state index contributed by atoms with van der Waals surface area (Å²) >= 11 is 6.55. The molecule has 0 aromatic carbocycles. The number of ether oxygens (including phenoxy) is 1. The van der Waals surface area contributed by atoms with E-state index in [0.717, 1.165) is 67.7 Å². The van der Waals surface area contributed by atoms with Gasteiger partial charge in [-0.25, -0.2) is 4.98 Å². The van der Waals surface area contributed by atoms with Gasteiger partial charge in [0.1, 0.15) is 5.82 Å². The molecule has 2 fully saturated rings. The number of anilines is 1. The number of nitriles is 1. The van der Waals surface area contributed by atoms with Crippen LogP contribution in [0.25, 0.3) is 11.3 Å². The predicted molar refractivity (Wildman–Crippen MR) is 143 cm³/mol. The molecule has 2 aromatic rings. The first kappa shape index (κ1) is 26.8. The smallest absolute Gasteiger partial charge is 0.126 e. The van der Waals surface area contributed by atoms with E-state index in [1.807, 2.05) is 32.0 Å². The normalized spacial score (nSPS) is 23.4. The molecule has 7 nitrogen and oxygen atoms in total. The van der Waals surface area contributed by atoms with Gasteiger partial charge in [-0.2, -0.15) is 5.26 Å². The zero-order valence-electron chi connectivity index (χ0n) is 21.3. The lowest BCUT2D eigenvalue weighted by Crippen LogP contribution is -2.44. The second-order valence-electron chi connectivity index (χ2n) is 10.5. The fourth-order valence-electron chi connectivity index (χ4n) is 5.16. The first-order valence-corrected chi connectivity index (χ1v) is 13.5. The molecule has 0 radical (unpaired) electrons. The van der Waals surface area contributed by atoms with Gasteiger partial charge in [-0.1, -0.05) is 17.7 Å². The van der Waals surface area contributed by atoms with Crippen LogP contribution in [-0.4, -0.2) is 53.0 Å². The Hall–Kier alpha value is -2.24. The van der Waals surface area contributed by atoms with Crippen molar-refractivity contribution in [2.45, 2.75) is 77.0 Å². The number of pyridine rings is 2. The molecule has 194 valence electrons. The van der Waals surface area contributed by atoms with Gasteiger partial charge in [0.15, 0.2) is 0 Å². The lowest BCUT2D eigenvalue weighted by molar-refractivity contribution is 0.0455. The highest BCUT2D eigenvalue weighted by Gasteiger charge is 2.32. The van der Waals surface area contributed by atoms with E-state index in [1.165, 1.54) is 0 Å². The van der Waals surface area contributed by atoms with Gasteiger partial charge in [-0.05, 0) is 82.9 Å². The topological polar surface area (TPSA) is 103 Å². The number of rotatable bonds is 9. The van der Waals surface area contributed by atoms with E-state index in [4.69, 9.17) is 21.3 Å². The number of aliphatic hydroxyl groups excluding tert-OH is 1. The highest BCUT2D eigenvalue weighted by atomic mass is 35.5. The maximum atomic E-state index is 9.76. The minimum absolute atomic E-state index is 0.118. The van der Waals surface area contributed by atoms with Gasteiger partial charge >= 0.3 is 0 Å². The lowest BCUT2D eigenvalue weighted by atomic mass is 9.82. The van der Waals surface area contributed by atoms with E-state index in [1.54, 1.807) is 6.20 Å². The van der Waals surface area contributed by atoms with E-state index >= 15 is 0 Å². The Kier molecular flexibility index (Phi) is 9.19. The molecule has 4 rings (SSSR count). The van der Waals surface area contributed by atoms with Crippen molar-refractivity contribution >= 4 is 17.4 Å². The van der Waals surface area contributed by atoms with Gasteiger partial charge in [0.2, 0.25) is 0 Å². The van der Waals surface area contributed by atoms with Gasteiger partial charge in [0.05, 0.1) is 28.3 Å². The standard InChI is InChI=1S/C28H38ClN5O2/c1-19(20(2)35)33-22-8-6-21(7-9-22)14-23-15-24(25(29)16-31-23)26-4-3-5-27(34-26)32-18-28(17-30)10-12-36-13-11-28/h3-5,15-16,19-22,33,35H,6-14,18H2,1-2H3,(H,32,34)/t19-,20+,21?,22?/m0/s1. The van der Waals surface area contributed by atoms with Crippen LogP contribution in [0, 0.1) is 22.7 Å². The Bertz CT molecular complexity index is 1040. The van der Waals surface area contributed by atoms with Crippen molar-refractivity contribution in [2.24, 2.45) is 11.3 Å². The molecule has 2 aliphatic rings. The Morgan fingerprint density at radius 2 is 1.97 bits per heavy atom. The Balaban J connectivity index is 1.38. The SMILES string of the molecule is C[C@H](NC1CCC(Cc2cc(-c3cccc(NCC4(C#N)CCOCC4)n3)c(Cl)cn2)CC1)[C@@H](C)O. The number of halogens is 1. The van der Waals surface area contributed by atoms with Crippen molar-refractivity contribution in [2.75, 3.05) is 25.1 Å². The minimum atomic E-state index is -0.416. The highest BCUT2D eigenvalue weighted by Crippen LogP contribution is 2.32. The fraction of sp³-hybridized carbons (Fsp3) is 0.607. The van der Waals surface area contributed by atoms with Crippen LogP contribution in [0.2, 0.25) is 5.02 Å². The molecule has 0 unspecified atom stereocenters. The summed E-state index contributed by atoms with van der Waals surface area (Å²) in [5.41, 5.74) is 2.30. The lowest BCUT2D eigenvalue weighted by Gasteiger charge is -2.32. The average molecular weight is 512 g/mol. The van der Waals surface area contributed by atoms with Crippen LogP contribution in [0.15, 0.2) is 30.5 Å². The van der Waals surface area contributed by atoms with Crippen LogP contribution in [0.4, 0.5) is 5.82 Å². The molecule has 0 bridgehead atoms. The molecule has 1 saturated carbocycles. The van der Waals surface area contributed by atoms with Gasteiger partial charge < -0.3 is 20.5 Å². The quantitative estimate of drug-likeness (QED) is 0.435. The summed E-state index contributed by atoms with van der Waals surface area (Å²) in [5.74, 6) is 1.33. The third-order valence-corrected chi connectivity index (χ3v) is 8.10. The molecule has 2 atom stereocenters. The summed E-state index contributed by atoms with van der Waals surface area (Å²) in [4.78, 5) is 9.42. The van der Waals surface area contributed by atoms with Crippen LogP contribution in [0.3, 0.4) is 0 Å². The maximum absolute atomic E-state index is 9.76. The molecule has 3 N–H and O–H groups in total. The second-order valence-corrected chi connectivity index (χ2v) is 10.9. The molecular formula is C28H38ClN5O2. The first-order chi connectivity index (χ1) is 17.4. The molecule has 1 saturated heterocycles. The fourth-order valence-corrected chi connectivity index (χ4v) is 5.36. The molecule has 36 heavy (non-hydrogen) atoms. The van der Waals surface area contributed by atoms with E-state index in [2.05, 4.69) is 27.8 Å². The number of aromatic nitrogens is 2. The Labute approximate surface area is 219 Å². The monoisotopic (exact) mass is 511 g/mol. The molecule has 3 heterocycles. The van der Waals surface area contributed by atoms with E-state index in [0.29, 0.717) is 36.7 Å². The summed E-state index contributed by atoms with van der Waals surface area (Å²) in [5, 5.41) is 27.0. The highest BCUT2D eigenvalue weighted by molar-refractivity contribution is 6.33. The number of nitrogens with one attached hydrogen (secondary N) is 2. The number of nitrogens with zero attached hydrogens (tertiary/aromatic N) is 3. The minimum Gasteiger partial charge on any atom is -0.392 e. The predicted octanol–water partition coefficient (Wildman–Crippen LogP) is 4.99. The van der Waals surface area contributed by atoms with Gasteiger partial charge in [0.25, 0.3) is 0 Å². The Morgan fingerprint density at radius 1 is 1.22 bits per heavy atom. The third kappa shape index (κ3) is 6.95. The molecule has 1 aliphatic heterocycles.